The third-order valence-electron chi connectivity index (χ3n) is 4.21. The minimum Gasteiger partial charge on any atom is -0.343 e. The van der Waals surface area contributed by atoms with Crippen molar-refractivity contribution in [3.05, 3.63) is 29.8 Å². The molecule has 0 spiro atoms. The van der Waals surface area contributed by atoms with Crippen LogP contribution in [-0.2, 0) is 10.0 Å². The van der Waals surface area contributed by atoms with Gasteiger partial charge in [-0.2, -0.15) is 13.2 Å². The smallest absolute Gasteiger partial charge is 0.343 e. The number of hydrogen-bond donors (Lipinski definition) is 2. The van der Waals surface area contributed by atoms with Crippen molar-refractivity contribution in [3.8, 4) is 0 Å². The van der Waals surface area contributed by atoms with Crippen molar-refractivity contribution in [2.45, 2.75) is 49.7 Å². The quantitative estimate of drug-likeness (QED) is 0.827. The maximum absolute atomic E-state index is 12.4. The molecular formula is C16H21F3N2O3S. The van der Waals surface area contributed by atoms with Gasteiger partial charge in [-0.1, -0.05) is 6.92 Å². The minimum atomic E-state index is -4.50. The fourth-order valence-electron chi connectivity index (χ4n) is 2.73. The Balaban J connectivity index is 1.99. The topological polar surface area (TPSA) is 75.3 Å². The predicted molar refractivity (Wildman–Crippen MR) is 86.6 cm³/mol. The third kappa shape index (κ3) is 6.00. The van der Waals surface area contributed by atoms with Crippen molar-refractivity contribution in [2.75, 3.05) is 6.54 Å². The van der Waals surface area contributed by atoms with E-state index in [1.165, 1.54) is 24.3 Å². The van der Waals surface area contributed by atoms with Crippen molar-refractivity contribution in [1.82, 2.24) is 10.0 Å². The fraction of sp³-hybridized carbons (Fsp3) is 0.562. The molecule has 0 aromatic heterocycles. The van der Waals surface area contributed by atoms with Crippen LogP contribution in [0.15, 0.2) is 29.2 Å². The molecule has 5 nitrogen and oxygen atoms in total. The van der Waals surface area contributed by atoms with Gasteiger partial charge in [-0.3, -0.25) is 4.79 Å². The minimum absolute atomic E-state index is 0.0153. The van der Waals surface area contributed by atoms with Gasteiger partial charge < -0.3 is 5.32 Å². The number of rotatable bonds is 5. The van der Waals surface area contributed by atoms with E-state index in [0.717, 1.165) is 25.7 Å². The van der Waals surface area contributed by atoms with Crippen LogP contribution in [0.5, 0.6) is 0 Å². The standard InChI is InChI=1S/C16H21F3N2O3S/c1-11-2-6-13(7-3-11)21-25(23,24)14-8-4-12(5-9-14)15(22)20-10-16(17,18)19/h4-5,8-9,11,13,21H,2-3,6-7,10H2,1H3,(H,20,22). The maximum Gasteiger partial charge on any atom is 0.405 e. The first-order valence-electron chi connectivity index (χ1n) is 8.04. The summed E-state index contributed by atoms with van der Waals surface area (Å²) >= 11 is 0. The highest BCUT2D eigenvalue weighted by molar-refractivity contribution is 7.89. The Kier molecular flexibility index (Phi) is 6.10. The van der Waals surface area contributed by atoms with Gasteiger partial charge in [0.25, 0.3) is 5.91 Å². The SMILES string of the molecule is CC1CCC(NS(=O)(=O)c2ccc(C(=O)NCC(F)(F)F)cc2)CC1. The summed E-state index contributed by atoms with van der Waals surface area (Å²) < 4.78 is 63.7. The van der Waals surface area contributed by atoms with Crippen LogP contribution in [0.25, 0.3) is 0 Å². The molecule has 0 radical (unpaired) electrons. The molecule has 2 N–H and O–H groups in total. The average molecular weight is 378 g/mol. The summed E-state index contributed by atoms with van der Waals surface area (Å²) in [6.45, 7) is 0.695. The number of carbonyl (C=O) groups is 1. The van der Waals surface area contributed by atoms with Gasteiger partial charge in [0, 0.05) is 11.6 Å². The summed E-state index contributed by atoms with van der Waals surface area (Å²) in [4.78, 5) is 11.6. The molecule has 0 heterocycles. The molecule has 1 saturated carbocycles. The lowest BCUT2D eigenvalue weighted by Crippen LogP contribution is -2.37. The molecule has 1 aromatic rings. The highest BCUT2D eigenvalue weighted by atomic mass is 32.2. The molecule has 2 rings (SSSR count). The number of halogens is 3. The highest BCUT2D eigenvalue weighted by Crippen LogP contribution is 2.24. The van der Waals surface area contributed by atoms with E-state index in [4.69, 9.17) is 0 Å². The van der Waals surface area contributed by atoms with Crippen molar-refractivity contribution in [3.63, 3.8) is 0 Å². The van der Waals surface area contributed by atoms with Crippen molar-refractivity contribution in [1.29, 1.82) is 0 Å². The summed E-state index contributed by atoms with van der Waals surface area (Å²) in [5.41, 5.74) is -0.0327. The molecule has 1 amide bonds. The first-order chi connectivity index (χ1) is 11.6. The van der Waals surface area contributed by atoms with E-state index in [0.29, 0.717) is 5.92 Å². The second-order valence-electron chi connectivity index (χ2n) is 6.40. The third-order valence-corrected chi connectivity index (χ3v) is 5.75. The number of alkyl halides is 3. The number of hydrogen-bond acceptors (Lipinski definition) is 3. The van der Waals surface area contributed by atoms with Crippen LogP contribution < -0.4 is 10.0 Å². The van der Waals surface area contributed by atoms with Crippen LogP contribution in [0, 0.1) is 5.92 Å². The predicted octanol–water partition coefficient (Wildman–Crippen LogP) is 2.84. The number of amides is 1. The molecule has 1 aliphatic carbocycles. The Hall–Kier alpha value is -1.61. The zero-order chi connectivity index (χ0) is 18.7. The lowest BCUT2D eigenvalue weighted by Gasteiger charge is -2.26. The molecule has 1 aliphatic rings. The van der Waals surface area contributed by atoms with Gasteiger partial charge in [0.2, 0.25) is 10.0 Å². The highest BCUT2D eigenvalue weighted by Gasteiger charge is 2.28. The summed E-state index contributed by atoms with van der Waals surface area (Å²) in [5.74, 6) is -0.314. The molecule has 0 saturated heterocycles. The van der Waals surface area contributed by atoms with Gasteiger partial charge >= 0.3 is 6.18 Å². The Bertz CT molecular complexity index is 694. The van der Waals surface area contributed by atoms with Gasteiger partial charge in [-0.25, -0.2) is 13.1 Å². The Labute approximate surface area is 145 Å². The summed E-state index contributed by atoms with van der Waals surface area (Å²) in [6, 6.07) is 4.72. The summed E-state index contributed by atoms with van der Waals surface area (Å²) in [5, 5.41) is 1.74. The van der Waals surface area contributed by atoms with E-state index in [1.807, 2.05) is 0 Å². The van der Waals surface area contributed by atoms with Crippen LogP contribution in [0.4, 0.5) is 13.2 Å². The van der Waals surface area contributed by atoms with Crippen LogP contribution in [0.2, 0.25) is 0 Å². The Morgan fingerprint density at radius 2 is 1.68 bits per heavy atom. The molecule has 1 aromatic carbocycles. The number of carbonyl (C=O) groups excluding carboxylic acids is 1. The normalized spacial score (nSPS) is 21.8. The summed E-state index contributed by atoms with van der Waals surface area (Å²) in [6.07, 6.45) is -1.02. The summed E-state index contributed by atoms with van der Waals surface area (Å²) in [7, 11) is -3.72. The zero-order valence-corrected chi connectivity index (χ0v) is 14.6. The van der Waals surface area contributed by atoms with Crippen LogP contribution in [-0.4, -0.2) is 33.1 Å². The van der Waals surface area contributed by atoms with E-state index in [1.54, 1.807) is 5.32 Å². The van der Waals surface area contributed by atoms with Crippen molar-refractivity contribution in [2.24, 2.45) is 5.92 Å². The number of sulfonamides is 1. The second kappa shape index (κ2) is 7.74. The van der Waals surface area contributed by atoms with E-state index < -0.39 is 28.7 Å². The van der Waals surface area contributed by atoms with Gasteiger partial charge in [-0.15, -0.1) is 0 Å². The van der Waals surface area contributed by atoms with Gasteiger partial charge in [0.15, 0.2) is 0 Å². The van der Waals surface area contributed by atoms with Gasteiger partial charge in [0.05, 0.1) is 4.90 Å². The molecule has 140 valence electrons. The molecule has 0 unspecified atom stereocenters. The van der Waals surface area contributed by atoms with E-state index in [9.17, 15) is 26.4 Å². The van der Waals surface area contributed by atoms with Crippen LogP contribution in [0.1, 0.15) is 43.0 Å². The molecule has 0 atom stereocenters. The van der Waals surface area contributed by atoms with Crippen LogP contribution in [0.3, 0.4) is 0 Å². The van der Waals surface area contributed by atoms with Crippen LogP contribution >= 0.6 is 0 Å². The lowest BCUT2D eigenvalue weighted by atomic mass is 9.88. The van der Waals surface area contributed by atoms with Gasteiger partial charge in [-0.05, 0) is 55.9 Å². The van der Waals surface area contributed by atoms with E-state index in [2.05, 4.69) is 11.6 Å². The maximum atomic E-state index is 12.4. The Morgan fingerprint density at radius 3 is 2.20 bits per heavy atom. The number of nitrogens with one attached hydrogen (secondary N) is 2. The van der Waals surface area contributed by atoms with E-state index >= 15 is 0 Å². The van der Waals surface area contributed by atoms with Gasteiger partial charge in [0.1, 0.15) is 6.54 Å². The zero-order valence-electron chi connectivity index (χ0n) is 13.8. The molecule has 25 heavy (non-hydrogen) atoms. The van der Waals surface area contributed by atoms with E-state index in [-0.39, 0.29) is 16.5 Å². The van der Waals surface area contributed by atoms with Crippen molar-refractivity contribution >= 4 is 15.9 Å². The molecular weight excluding hydrogens is 357 g/mol. The molecule has 0 aliphatic heterocycles. The first kappa shape index (κ1) is 19.7. The number of benzene rings is 1. The average Bonchev–Trinajstić information content (AvgIpc) is 2.54. The molecule has 9 heteroatoms. The van der Waals surface area contributed by atoms with Crippen molar-refractivity contribution < 1.29 is 26.4 Å². The largest absolute Gasteiger partial charge is 0.405 e. The molecule has 1 fully saturated rings. The Morgan fingerprint density at radius 1 is 1.12 bits per heavy atom. The second-order valence-corrected chi connectivity index (χ2v) is 8.11. The monoisotopic (exact) mass is 378 g/mol. The first-order valence-corrected chi connectivity index (χ1v) is 9.52. The lowest BCUT2D eigenvalue weighted by molar-refractivity contribution is -0.123. The molecule has 0 bridgehead atoms. The fourth-order valence-corrected chi connectivity index (χ4v) is 4.04.